The van der Waals surface area contributed by atoms with Gasteiger partial charge in [-0.3, -0.25) is 4.79 Å². The quantitative estimate of drug-likeness (QED) is 0.359. The van der Waals surface area contributed by atoms with Crippen molar-refractivity contribution in [2.75, 3.05) is 5.32 Å². The molecule has 2 aromatic heterocycles. The number of aryl methyl sites for hydroxylation is 1. The molecule has 33 heavy (non-hydrogen) atoms. The average Bonchev–Trinajstić information content (AvgIpc) is 3.43. The first-order chi connectivity index (χ1) is 15.9. The molecule has 3 aromatic rings. The minimum Gasteiger partial charge on any atom is -0.486 e. The van der Waals surface area contributed by atoms with Crippen molar-refractivity contribution in [3.8, 4) is 5.75 Å². The lowest BCUT2D eigenvalue weighted by Gasteiger charge is -2.15. The second-order valence-electron chi connectivity index (χ2n) is 8.00. The van der Waals surface area contributed by atoms with Crippen LogP contribution in [0.2, 0.25) is 5.02 Å². The van der Waals surface area contributed by atoms with Gasteiger partial charge in [-0.2, -0.15) is 0 Å². The molecule has 1 aliphatic carbocycles. The second kappa shape index (κ2) is 10.4. The van der Waals surface area contributed by atoms with Gasteiger partial charge in [-0.05, 0) is 81.0 Å². The maximum atomic E-state index is 12.9. The maximum Gasteiger partial charge on any atom is 0.341 e. The van der Waals surface area contributed by atoms with E-state index in [0.29, 0.717) is 27.1 Å². The SMILES string of the molecule is CCC(C)OC(=O)c1c(NC(=O)c2ccc(COc3ccc(Cl)cc3)o2)sc2c1CCCC2. The Balaban J connectivity index is 1.47. The van der Waals surface area contributed by atoms with E-state index in [2.05, 4.69) is 5.32 Å². The van der Waals surface area contributed by atoms with Crippen molar-refractivity contribution in [1.82, 2.24) is 0 Å². The number of nitrogens with one attached hydrogen (secondary N) is 1. The fourth-order valence-electron chi connectivity index (χ4n) is 3.62. The van der Waals surface area contributed by atoms with Gasteiger partial charge in [0.2, 0.25) is 0 Å². The Morgan fingerprint density at radius 3 is 2.67 bits per heavy atom. The van der Waals surface area contributed by atoms with Gasteiger partial charge in [0.15, 0.2) is 5.76 Å². The van der Waals surface area contributed by atoms with Crippen LogP contribution < -0.4 is 10.1 Å². The van der Waals surface area contributed by atoms with E-state index in [0.717, 1.165) is 42.5 Å². The number of halogens is 1. The topological polar surface area (TPSA) is 77.8 Å². The third-order valence-corrected chi connectivity index (χ3v) is 7.03. The standard InChI is InChI=1S/C25H26ClNO5S/c1-3-15(2)31-25(29)22-19-6-4-5-7-21(19)33-24(22)27-23(28)20-13-12-18(32-20)14-30-17-10-8-16(26)9-11-17/h8-13,15H,3-7,14H2,1-2H3,(H,27,28). The van der Waals surface area contributed by atoms with Gasteiger partial charge in [-0.25, -0.2) is 4.79 Å². The van der Waals surface area contributed by atoms with Crippen LogP contribution in [0.1, 0.15) is 70.2 Å². The zero-order chi connectivity index (χ0) is 23.4. The highest BCUT2D eigenvalue weighted by atomic mass is 35.5. The van der Waals surface area contributed by atoms with Crippen LogP contribution in [0.15, 0.2) is 40.8 Å². The minimum absolute atomic E-state index is 0.150. The van der Waals surface area contributed by atoms with Crippen molar-refractivity contribution in [3.63, 3.8) is 0 Å². The van der Waals surface area contributed by atoms with E-state index in [4.69, 9.17) is 25.5 Å². The van der Waals surface area contributed by atoms with Gasteiger partial charge in [-0.15, -0.1) is 11.3 Å². The number of furan rings is 1. The van der Waals surface area contributed by atoms with Crippen LogP contribution in [0.25, 0.3) is 0 Å². The number of fused-ring (bicyclic) bond motifs is 1. The van der Waals surface area contributed by atoms with Crippen molar-refractivity contribution in [3.05, 3.63) is 68.9 Å². The molecule has 1 aliphatic rings. The lowest BCUT2D eigenvalue weighted by molar-refractivity contribution is 0.0335. The van der Waals surface area contributed by atoms with Crippen LogP contribution in [0, 0.1) is 0 Å². The Hall–Kier alpha value is -2.77. The third-order valence-electron chi connectivity index (χ3n) is 5.57. The van der Waals surface area contributed by atoms with Crippen LogP contribution in [-0.2, 0) is 24.2 Å². The predicted octanol–water partition coefficient (Wildman–Crippen LogP) is 6.66. The molecule has 0 radical (unpaired) electrons. The largest absolute Gasteiger partial charge is 0.486 e. The van der Waals surface area contributed by atoms with Crippen molar-refractivity contribution in [2.24, 2.45) is 0 Å². The van der Waals surface area contributed by atoms with Crippen molar-refractivity contribution < 1.29 is 23.5 Å². The van der Waals surface area contributed by atoms with Gasteiger partial charge in [0, 0.05) is 9.90 Å². The highest BCUT2D eigenvalue weighted by Gasteiger charge is 2.28. The summed E-state index contributed by atoms with van der Waals surface area (Å²) in [6.07, 6.45) is 4.37. The summed E-state index contributed by atoms with van der Waals surface area (Å²) in [5.41, 5.74) is 1.49. The van der Waals surface area contributed by atoms with Gasteiger partial charge in [-0.1, -0.05) is 18.5 Å². The summed E-state index contributed by atoms with van der Waals surface area (Å²) in [7, 11) is 0. The van der Waals surface area contributed by atoms with Crippen LogP contribution in [-0.4, -0.2) is 18.0 Å². The van der Waals surface area contributed by atoms with Crippen molar-refractivity contribution in [1.29, 1.82) is 0 Å². The van der Waals surface area contributed by atoms with Crippen LogP contribution in [0.5, 0.6) is 5.75 Å². The normalized spacial score (nSPS) is 13.8. The summed E-state index contributed by atoms with van der Waals surface area (Å²) < 4.78 is 16.9. The first kappa shape index (κ1) is 23.4. The summed E-state index contributed by atoms with van der Waals surface area (Å²) >= 11 is 7.34. The Kier molecular flexibility index (Phi) is 7.40. The lowest BCUT2D eigenvalue weighted by atomic mass is 9.95. The molecule has 0 spiro atoms. The number of benzene rings is 1. The number of rotatable bonds is 8. The molecule has 0 saturated carbocycles. The molecule has 1 unspecified atom stereocenters. The van der Waals surface area contributed by atoms with E-state index in [1.807, 2.05) is 13.8 Å². The van der Waals surface area contributed by atoms with Gasteiger partial charge in [0.1, 0.15) is 23.1 Å². The molecule has 174 valence electrons. The predicted molar refractivity (Wildman–Crippen MR) is 129 cm³/mol. The number of thiophene rings is 1. The van der Waals surface area contributed by atoms with E-state index < -0.39 is 5.91 Å². The smallest absolute Gasteiger partial charge is 0.341 e. The average molecular weight is 488 g/mol. The highest BCUT2D eigenvalue weighted by Crippen LogP contribution is 2.39. The molecule has 0 fully saturated rings. The molecule has 1 aromatic carbocycles. The van der Waals surface area contributed by atoms with E-state index in [9.17, 15) is 9.59 Å². The summed E-state index contributed by atoms with van der Waals surface area (Å²) in [6.45, 7) is 4.01. The number of ether oxygens (including phenoxy) is 2. The number of amides is 1. The third kappa shape index (κ3) is 5.60. The molecule has 2 heterocycles. The number of anilines is 1. The number of esters is 1. The van der Waals surface area contributed by atoms with Crippen molar-refractivity contribution >= 4 is 39.8 Å². The van der Waals surface area contributed by atoms with Crippen LogP contribution in [0.4, 0.5) is 5.00 Å². The molecular formula is C25H26ClNO5S. The molecular weight excluding hydrogens is 462 g/mol. The lowest BCUT2D eigenvalue weighted by Crippen LogP contribution is -2.18. The number of hydrogen-bond acceptors (Lipinski definition) is 6. The number of carbonyl (C=O) groups excluding carboxylic acids is 2. The van der Waals surface area contributed by atoms with E-state index in [-0.39, 0.29) is 24.4 Å². The van der Waals surface area contributed by atoms with Crippen LogP contribution >= 0.6 is 22.9 Å². The van der Waals surface area contributed by atoms with E-state index in [1.165, 1.54) is 11.3 Å². The van der Waals surface area contributed by atoms with E-state index >= 15 is 0 Å². The summed E-state index contributed by atoms with van der Waals surface area (Å²) in [5, 5.41) is 4.03. The summed E-state index contributed by atoms with van der Waals surface area (Å²) in [5.74, 6) is 0.518. The van der Waals surface area contributed by atoms with Crippen molar-refractivity contribution in [2.45, 2.75) is 58.7 Å². The minimum atomic E-state index is -0.413. The monoisotopic (exact) mass is 487 g/mol. The van der Waals surface area contributed by atoms with Gasteiger partial charge in [0.05, 0.1) is 11.7 Å². The first-order valence-corrected chi connectivity index (χ1v) is 12.3. The molecule has 1 N–H and O–H groups in total. The Labute approximate surface area is 201 Å². The molecule has 4 rings (SSSR count). The number of carbonyl (C=O) groups is 2. The molecule has 8 heteroatoms. The zero-order valence-corrected chi connectivity index (χ0v) is 20.2. The molecule has 1 atom stereocenters. The Bertz CT molecular complexity index is 1130. The van der Waals surface area contributed by atoms with Crippen LogP contribution in [0.3, 0.4) is 0 Å². The molecule has 1 amide bonds. The second-order valence-corrected chi connectivity index (χ2v) is 9.54. The summed E-state index contributed by atoms with van der Waals surface area (Å²) in [4.78, 5) is 27.0. The summed E-state index contributed by atoms with van der Waals surface area (Å²) in [6, 6.07) is 10.3. The fraction of sp³-hybridized carbons (Fsp3) is 0.360. The van der Waals surface area contributed by atoms with Gasteiger partial charge < -0.3 is 19.2 Å². The Morgan fingerprint density at radius 2 is 1.91 bits per heavy atom. The van der Waals surface area contributed by atoms with Gasteiger partial charge >= 0.3 is 5.97 Å². The zero-order valence-electron chi connectivity index (χ0n) is 18.6. The highest BCUT2D eigenvalue weighted by molar-refractivity contribution is 7.17. The molecule has 0 aliphatic heterocycles. The Morgan fingerprint density at radius 1 is 1.15 bits per heavy atom. The molecule has 6 nitrogen and oxygen atoms in total. The first-order valence-electron chi connectivity index (χ1n) is 11.1. The fourth-order valence-corrected chi connectivity index (χ4v) is 5.02. The number of hydrogen-bond donors (Lipinski definition) is 1. The van der Waals surface area contributed by atoms with E-state index in [1.54, 1.807) is 36.4 Å². The molecule has 0 bridgehead atoms. The molecule has 0 saturated heterocycles. The van der Waals surface area contributed by atoms with Gasteiger partial charge in [0.25, 0.3) is 5.91 Å². The maximum absolute atomic E-state index is 12.9.